The van der Waals surface area contributed by atoms with Crippen molar-refractivity contribution in [3.05, 3.63) is 58.9 Å². The second-order valence-electron chi connectivity index (χ2n) is 5.13. The van der Waals surface area contributed by atoms with Crippen molar-refractivity contribution >= 4 is 40.3 Å². The highest BCUT2D eigenvalue weighted by molar-refractivity contribution is 8.26. The molecule has 1 aromatic heterocycles. The van der Waals surface area contributed by atoms with Gasteiger partial charge in [-0.05, 0) is 29.9 Å². The molecule has 23 heavy (non-hydrogen) atoms. The van der Waals surface area contributed by atoms with E-state index in [2.05, 4.69) is 4.98 Å². The Balaban J connectivity index is 1.61. The first kappa shape index (κ1) is 14.8. The predicted octanol–water partition coefficient (Wildman–Crippen LogP) is 2.48. The lowest BCUT2D eigenvalue weighted by Gasteiger charge is -2.22. The molecule has 1 aliphatic carbocycles. The average Bonchev–Trinajstić information content (AvgIpc) is 3.13. The maximum absolute atomic E-state index is 12.7. The summed E-state index contributed by atoms with van der Waals surface area (Å²) in [5.74, 6) is -0.128. The van der Waals surface area contributed by atoms with Gasteiger partial charge in [0.1, 0.15) is 19.0 Å². The van der Waals surface area contributed by atoms with Crippen LogP contribution in [0.2, 0.25) is 0 Å². The number of pyridine rings is 1. The molecule has 3 heterocycles. The SMILES string of the molecule is O=C1/C(=C/c2cccnc2)SC(=S)N1C1=CC2OCOC2C=C1. The van der Waals surface area contributed by atoms with Gasteiger partial charge in [0.05, 0.1) is 4.91 Å². The first-order valence-electron chi connectivity index (χ1n) is 7.03. The van der Waals surface area contributed by atoms with Crippen LogP contribution in [0, 0.1) is 0 Å². The highest BCUT2D eigenvalue weighted by Gasteiger charge is 2.37. The van der Waals surface area contributed by atoms with E-state index in [0.29, 0.717) is 9.23 Å². The van der Waals surface area contributed by atoms with Crippen LogP contribution in [0.15, 0.2) is 53.4 Å². The normalized spacial score (nSPS) is 28.4. The van der Waals surface area contributed by atoms with Crippen molar-refractivity contribution in [2.75, 3.05) is 6.79 Å². The van der Waals surface area contributed by atoms with Gasteiger partial charge in [-0.2, -0.15) is 0 Å². The number of carbonyl (C=O) groups is 1. The molecule has 0 saturated carbocycles. The molecule has 3 aliphatic rings. The van der Waals surface area contributed by atoms with Crippen LogP contribution in [0.3, 0.4) is 0 Å². The Kier molecular flexibility index (Phi) is 3.86. The fraction of sp³-hybridized carbons (Fsp3) is 0.188. The minimum Gasteiger partial charge on any atom is -0.345 e. The molecule has 116 valence electrons. The number of hydrogen-bond acceptors (Lipinski definition) is 6. The van der Waals surface area contributed by atoms with Gasteiger partial charge in [0.15, 0.2) is 4.32 Å². The Hall–Kier alpha value is -1.80. The molecule has 2 atom stereocenters. The predicted molar refractivity (Wildman–Crippen MR) is 91.1 cm³/mol. The summed E-state index contributed by atoms with van der Waals surface area (Å²) in [6.45, 7) is 0.267. The van der Waals surface area contributed by atoms with Crippen LogP contribution in [0.1, 0.15) is 5.56 Å². The standard InChI is InChI=1S/C16H12N2O3S2/c19-15-14(6-10-2-1-5-17-8-10)23-16(22)18(15)11-3-4-12-13(7-11)21-9-20-12/h1-8,12-13H,9H2/b14-6-. The lowest BCUT2D eigenvalue weighted by atomic mass is 10.1. The number of allylic oxidation sites excluding steroid dienone is 1. The molecule has 2 unspecified atom stereocenters. The van der Waals surface area contributed by atoms with Crippen LogP contribution >= 0.6 is 24.0 Å². The van der Waals surface area contributed by atoms with Crippen LogP contribution in [0.25, 0.3) is 6.08 Å². The summed E-state index contributed by atoms with van der Waals surface area (Å²) in [7, 11) is 0. The van der Waals surface area contributed by atoms with Crippen molar-refractivity contribution in [2.24, 2.45) is 0 Å². The summed E-state index contributed by atoms with van der Waals surface area (Å²) in [6, 6.07) is 3.73. The Bertz CT molecular complexity index is 758. The van der Waals surface area contributed by atoms with E-state index >= 15 is 0 Å². The Morgan fingerprint density at radius 2 is 2.26 bits per heavy atom. The molecule has 1 amide bonds. The molecule has 0 radical (unpaired) electrons. The van der Waals surface area contributed by atoms with Crippen LogP contribution in [0.5, 0.6) is 0 Å². The van der Waals surface area contributed by atoms with E-state index in [-0.39, 0.29) is 24.9 Å². The highest BCUT2D eigenvalue weighted by atomic mass is 32.2. The fourth-order valence-electron chi connectivity index (χ4n) is 2.56. The molecule has 0 spiro atoms. The molecule has 2 aliphatic heterocycles. The lowest BCUT2D eigenvalue weighted by molar-refractivity contribution is -0.120. The van der Waals surface area contributed by atoms with Gasteiger partial charge in [0, 0.05) is 18.1 Å². The molecule has 0 bridgehead atoms. The van der Waals surface area contributed by atoms with E-state index in [9.17, 15) is 4.79 Å². The molecule has 1 aromatic rings. The van der Waals surface area contributed by atoms with Gasteiger partial charge in [-0.1, -0.05) is 36.1 Å². The number of thiocarbonyl (C=S) groups is 1. The van der Waals surface area contributed by atoms with Crippen molar-refractivity contribution < 1.29 is 14.3 Å². The third-order valence-electron chi connectivity index (χ3n) is 3.67. The number of amides is 1. The molecular weight excluding hydrogens is 332 g/mol. The molecule has 2 fully saturated rings. The monoisotopic (exact) mass is 344 g/mol. The number of aromatic nitrogens is 1. The number of carbonyl (C=O) groups excluding carboxylic acids is 1. The van der Waals surface area contributed by atoms with E-state index < -0.39 is 0 Å². The summed E-state index contributed by atoms with van der Waals surface area (Å²) in [4.78, 5) is 18.9. The van der Waals surface area contributed by atoms with Gasteiger partial charge in [-0.15, -0.1) is 0 Å². The van der Waals surface area contributed by atoms with E-state index in [4.69, 9.17) is 21.7 Å². The zero-order chi connectivity index (χ0) is 15.8. The second-order valence-corrected chi connectivity index (χ2v) is 6.81. The van der Waals surface area contributed by atoms with Gasteiger partial charge in [0.25, 0.3) is 5.91 Å². The molecule has 2 saturated heterocycles. The van der Waals surface area contributed by atoms with Crippen LogP contribution in [0.4, 0.5) is 0 Å². The second kappa shape index (κ2) is 6.01. The summed E-state index contributed by atoms with van der Waals surface area (Å²) in [6.07, 6.45) is 10.6. The summed E-state index contributed by atoms with van der Waals surface area (Å²) in [5.41, 5.74) is 1.60. The molecular formula is C16H12N2O3S2. The van der Waals surface area contributed by atoms with E-state index in [1.165, 1.54) is 16.7 Å². The van der Waals surface area contributed by atoms with Gasteiger partial charge < -0.3 is 9.47 Å². The largest absolute Gasteiger partial charge is 0.345 e. The van der Waals surface area contributed by atoms with Crippen LogP contribution < -0.4 is 0 Å². The zero-order valence-electron chi connectivity index (χ0n) is 11.9. The van der Waals surface area contributed by atoms with Gasteiger partial charge in [-0.25, -0.2) is 0 Å². The van der Waals surface area contributed by atoms with Gasteiger partial charge in [-0.3, -0.25) is 14.7 Å². The molecule has 0 aromatic carbocycles. The highest BCUT2D eigenvalue weighted by Crippen LogP contribution is 2.36. The van der Waals surface area contributed by atoms with E-state index in [1.807, 2.05) is 30.4 Å². The number of thioether (sulfide) groups is 1. The van der Waals surface area contributed by atoms with Crippen molar-refractivity contribution in [1.29, 1.82) is 0 Å². The average molecular weight is 344 g/mol. The molecule has 7 heteroatoms. The zero-order valence-corrected chi connectivity index (χ0v) is 13.5. The Labute approximate surface area is 142 Å². The van der Waals surface area contributed by atoms with Crippen molar-refractivity contribution in [1.82, 2.24) is 9.88 Å². The maximum atomic E-state index is 12.7. The summed E-state index contributed by atoms with van der Waals surface area (Å²) < 4.78 is 11.4. The van der Waals surface area contributed by atoms with Crippen LogP contribution in [-0.4, -0.2) is 39.1 Å². The first-order chi connectivity index (χ1) is 11.2. The molecule has 4 rings (SSSR count). The van der Waals surface area contributed by atoms with E-state index in [0.717, 1.165) is 11.3 Å². The van der Waals surface area contributed by atoms with Crippen molar-refractivity contribution in [3.63, 3.8) is 0 Å². The molecule has 0 N–H and O–H groups in total. The van der Waals surface area contributed by atoms with E-state index in [1.54, 1.807) is 18.5 Å². The quantitative estimate of drug-likeness (QED) is 0.607. The fourth-order valence-corrected chi connectivity index (χ4v) is 3.86. The number of fused-ring (bicyclic) bond motifs is 1. The summed E-state index contributed by atoms with van der Waals surface area (Å²) in [5, 5.41) is 0. The number of rotatable bonds is 2. The Morgan fingerprint density at radius 3 is 3.09 bits per heavy atom. The number of nitrogens with zero attached hydrogens (tertiary/aromatic N) is 2. The number of hydrogen-bond donors (Lipinski definition) is 0. The third-order valence-corrected chi connectivity index (χ3v) is 4.97. The topological polar surface area (TPSA) is 51.7 Å². The van der Waals surface area contributed by atoms with Crippen molar-refractivity contribution in [2.45, 2.75) is 12.2 Å². The minimum atomic E-state index is -0.165. The first-order valence-corrected chi connectivity index (χ1v) is 8.26. The number of ether oxygens (including phenoxy) is 2. The van der Waals surface area contributed by atoms with Gasteiger partial charge in [0.2, 0.25) is 0 Å². The smallest absolute Gasteiger partial charge is 0.270 e. The van der Waals surface area contributed by atoms with Gasteiger partial charge >= 0.3 is 0 Å². The lowest BCUT2D eigenvalue weighted by Crippen LogP contribution is -2.31. The Morgan fingerprint density at radius 1 is 1.39 bits per heavy atom. The maximum Gasteiger partial charge on any atom is 0.270 e. The summed E-state index contributed by atoms with van der Waals surface area (Å²) >= 11 is 6.67. The molecule has 5 nitrogen and oxygen atoms in total. The van der Waals surface area contributed by atoms with Crippen LogP contribution in [-0.2, 0) is 14.3 Å². The third kappa shape index (κ3) is 2.76. The minimum absolute atomic E-state index is 0.0805. The van der Waals surface area contributed by atoms with Crippen molar-refractivity contribution in [3.8, 4) is 0 Å².